The third-order valence-corrected chi connectivity index (χ3v) is 4.91. The van der Waals surface area contributed by atoms with E-state index in [-0.39, 0.29) is 5.91 Å². The van der Waals surface area contributed by atoms with Crippen LogP contribution in [0.5, 0.6) is 5.75 Å². The molecule has 2 aromatic heterocycles. The molecule has 0 bridgehead atoms. The first-order chi connectivity index (χ1) is 14.2. The summed E-state index contributed by atoms with van der Waals surface area (Å²) in [6.07, 6.45) is 3.51. The van der Waals surface area contributed by atoms with Gasteiger partial charge in [-0.3, -0.25) is 9.78 Å². The summed E-state index contributed by atoms with van der Waals surface area (Å²) < 4.78 is 5.44. The lowest BCUT2D eigenvalue weighted by Gasteiger charge is -2.35. The highest BCUT2D eigenvalue weighted by molar-refractivity contribution is 5.94. The van der Waals surface area contributed by atoms with Crippen molar-refractivity contribution < 1.29 is 9.53 Å². The molecule has 1 fully saturated rings. The Bertz CT molecular complexity index is 937. The van der Waals surface area contributed by atoms with E-state index in [1.807, 2.05) is 60.4 Å². The molecule has 0 saturated carbocycles. The van der Waals surface area contributed by atoms with E-state index in [2.05, 4.69) is 20.1 Å². The summed E-state index contributed by atoms with van der Waals surface area (Å²) in [5.41, 5.74) is 2.42. The van der Waals surface area contributed by atoms with Crippen LogP contribution in [0.3, 0.4) is 0 Å². The fourth-order valence-electron chi connectivity index (χ4n) is 3.34. The number of pyridine rings is 1. The van der Waals surface area contributed by atoms with Crippen molar-refractivity contribution in [1.82, 2.24) is 20.1 Å². The van der Waals surface area contributed by atoms with Gasteiger partial charge < -0.3 is 14.5 Å². The molecular formula is C22H23N5O2. The maximum atomic E-state index is 12.7. The highest BCUT2D eigenvalue weighted by atomic mass is 16.5. The Kier molecular flexibility index (Phi) is 5.65. The van der Waals surface area contributed by atoms with Crippen LogP contribution in [-0.2, 0) is 0 Å². The van der Waals surface area contributed by atoms with Gasteiger partial charge in [0.2, 0.25) is 0 Å². The van der Waals surface area contributed by atoms with Crippen molar-refractivity contribution in [1.29, 1.82) is 0 Å². The normalized spacial score (nSPS) is 14.0. The van der Waals surface area contributed by atoms with Crippen molar-refractivity contribution in [2.75, 3.05) is 37.7 Å². The number of hydrogen-bond acceptors (Lipinski definition) is 6. The topological polar surface area (TPSA) is 71.5 Å². The van der Waals surface area contributed by atoms with Crippen molar-refractivity contribution in [2.45, 2.75) is 6.92 Å². The molecule has 1 aromatic carbocycles. The second kappa shape index (κ2) is 8.68. The largest absolute Gasteiger partial charge is 0.494 e. The SMILES string of the molecule is CCOc1ccc(C(=O)N2CCN(c3ccc(-c4cccnc4)nn3)CC2)cc1. The molecule has 1 saturated heterocycles. The molecule has 1 aliphatic heterocycles. The van der Waals surface area contributed by atoms with Crippen molar-refractivity contribution in [3.8, 4) is 17.0 Å². The molecule has 7 heteroatoms. The Morgan fingerprint density at radius 2 is 1.79 bits per heavy atom. The van der Waals surface area contributed by atoms with Crippen molar-refractivity contribution in [3.05, 3.63) is 66.5 Å². The third-order valence-electron chi connectivity index (χ3n) is 4.91. The molecule has 0 radical (unpaired) electrons. The molecule has 4 rings (SSSR count). The zero-order chi connectivity index (χ0) is 20.1. The van der Waals surface area contributed by atoms with Gasteiger partial charge in [0.15, 0.2) is 5.82 Å². The van der Waals surface area contributed by atoms with Gasteiger partial charge in [0.1, 0.15) is 5.75 Å². The highest BCUT2D eigenvalue weighted by Crippen LogP contribution is 2.19. The number of ether oxygens (including phenoxy) is 1. The number of hydrogen-bond donors (Lipinski definition) is 0. The molecular weight excluding hydrogens is 366 g/mol. The van der Waals surface area contributed by atoms with Crippen molar-refractivity contribution in [3.63, 3.8) is 0 Å². The number of amides is 1. The minimum Gasteiger partial charge on any atom is -0.494 e. The summed E-state index contributed by atoms with van der Waals surface area (Å²) in [7, 11) is 0. The van der Waals surface area contributed by atoms with Gasteiger partial charge in [-0.2, -0.15) is 0 Å². The number of nitrogens with zero attached hydrogens (tertiary/aromatic N) is 5. The van der Waals surface area contributed by atoms with E-state index in [9.17, 15) is 4.79 Å². The Balaban J connectivity index is 1.36. The van der Waals surface area contributed by atoms with Crippen LogP contribution in [-0.4, -0.2) is 58.8 Å². The number of anilines is 1. The van der Waals surface area contributed by atoms with Crippen molar-refractivity contribution >= 4 is 11.7 Å². The number of carbonyl (C=O) groups is 1. The van der Waals surface area contributed by atoms with E-state index in [4.69, 9.17) is 4.74 Å². The van der Waals surface area contributed by atoms with Crippen LogP contribution in [0, 0.1) is 0 Å². The second-order valence-electron chi connectivity index (χ2n) is 6.76. The molecule has 3 heterocycles. The standard InChI is InChI=1S/C22H23N5O2/c1-2-29-19-7-5-17(6-8-19)22(28)27-14-12-26(13-15-27)21-10-9-20(24-25-21)18-4-3-11-23-16-18/h3-11,16H,2,12-15H2,1H3. The van der Waals surface area contributed by atoms with Gasteiger partial charge in [-0.15, -0.1) is 10.2 Å². The zero-order valence-corrected chi connectivity index (χ0v) is 16.4. The van der Waals surface area contributed by atoms with Crippen LogP contribution in [0.25, 0.3) is 11.3 Å². The Hall–Kier alpha value is -3.48. The van der Waals surface area contributed by atoms with Crippen LogP contribution in [0.4, 0.5) is 5.82 Å². The predicted molar refractivity (Wildman–Crippen MR) is 111 cm³/mol. The summed E-state index contributed by atoms with van der Waals surface area (Å²) in [4.78, 5) is 20.9. The van der Waals surface area contributed by atoms with Crippen LogP contribution in [0.2, 0.25) is 0 Å². The molecule has 1 aliphatic rings. The molecule has 0 unspecified atom stereocenters. The lowest BCUT2D eigenvalue weighted by molar-refractivity contribution is 0.0746. The quantitative estimate of drug-likeness (QED) is 0.668. The Labute approximate surface area is 170 Å². The molecule has 1 amide bonds. The summed E-state index contributed by atoms with van der Waals surface area (Å²) in [5.74, 6) is 1.65. The number of piperazine rings is 1. The lowest BCUT2D eigenvalue weighted by Crippen LogP contribution is -2.49. The maximum Gasteiger partial charge on any atom is 0.253 e. The van der Waals surface area contributed by atoms with Gasteiger partial charge in [0, 0.05) is 49.7 Å². The minimum atomic E-state index is 0.0470. The van der Waals surface area contributed by atoms with E-state index in [1.165, 1.54) is 0 Å². The molecule has 3 aromatic rings. The van der Waals surface area contributed by atoms with E-state index in [0.29, 0.717) is 25.3 Å². The molecule has 0 aliphatic carbocycles. The predicted octanol–water partition coefficient (Wildman–Crippen LogP) is 2.90. The Morgan fingerprint density at radius 1 is 1.00 bits per heavy atom. The molecule has 0 N–H and O–H groups in total. The van der Waals surface area contributed by atoms with Gasteiger partial charge in [-0.05, 0) is 55.5 Å². The molecule has 148 valence electrons. The fourth-order valence-corrected chi connectivity index (χ4v) is 3.34. The first-order valence-corrected chi connectivity index (χ1v) is 9.76. The summed E-state index contributed by atoms with van der Waals surface area (Å²) in [5, 5.41) is 8.69. The number of carbonyl (C=O) groups excluding carboxylic acids is 1. The van der Waals surface area contributed by atoms with Gasteiger partial charge in [0.25, 0.3) is 5.91 Å². The van der Waals surface area contributed by atoms with Gasteiger partial charge in [0.05, 0.1) is 12.3 Å². The third kappa shape index (κ3) is 4.34. The van der Waals surface area contributed by atoms with E-state index < -0.39 is 0 Å². The van der Waals surface area contributed by atoms with E-state index in [0.717, 1.165) is 35.9 Å². The van der Waals surface area contributed by atoms with Crippen LogP contribution in [0.15, 0.2) is 60.9 Å². The lowest BCUT2D eigenvalue weighted by atomic mass is 10.1. The van der Waals surface area contributed by atoms with Gasteiger partial charge in [-0.1, -0.05) is 0 Å². The first kappa shape index (κ1) is 18.9. The summed E-state index contributed by atoms with van der Waals surface area (Å²) in [6, 6.07) is 15.1. The maximum absolute atomic E-state index is 12.7. The fraction of sp³-hybridized carbons (Fsp3) is 0.273. The minimum absolute atomic E-state index is 0.0470. The van der Waals surface area contributed by atoms with Gasteiger partial charge in [-0.25, -0.2) is 0 Å². The number of benzene rings is 1. The molecule has 7 nitrogen and oxygen atoms in total. The Morgan fingerprint density at radius 3 is 2.41 bits per heavy atom. The average Bonchev–Trinajstić information content (AvgIpc) is 2.80. The smallest absolute Gasteiger partial charge is 0.253 e. The second-order valence-corrected chi connectivity index (χ2v) is 6.76. The van der Waals surface area contributed by atoms with Crippen LogP contribution < -0.4 is 9.64 Å². The van der Waals surface area contributed by atoms with Gasteiger partial charge >= 0.3 is 0 Å². The summed E-state index contributed by atoms with van der Waals surface area (Å²) in [6.45, 7) is 5.31. The first-order valence-electron chi connectivity index (χ1n) is 9.76. The van der Waals surface area contributed by atoms with Crippen molar-refractivity contribution in [2.24, 2.45) is 0 Å². The van der Waals surface area contributed by atoms with Crippen LogP contribution in [0.1, 0.15) is 17.3 Å². The van der Waals surface area contributed by atoms with E-state index in [1.54, 1.807) is 12.4 Å². The average molecular weight is 389 g/mol. The molecule has 29 heavy (non-hydrogen) atoms. The van der Waals surface area contributed by atoms with Crippen LogP contribution >= 0.6 is 0 Å². The number of aromatic nitrogens is 3. The monoisotopic (exact) mass is 389 g/mol. The number of rotatable bonds is 5. The summed E-state index contributed by atoms with van der Waals surface area (Å²) >= 11 is 0. The molecule has 0 spiro atoms. The molecule has 0 atom stereocenters. The zero-order valence-electron chi connectivity index (χ0n) is 16.4. The highest BCUT2D eigenvalue weighted by Gasteiger charge is 2.23. The van der Waals surface area contributed by atoms with E-state index >= 15 is 0 Å².